The van der Waals surface area contributed by atoms with Crippen LogP contribution in [0.1, 0.15) is 0 Å². The standard InChI is InChI=1S/C24H19P/c1-4-12-20(13-5-1)23-18-10-11-19-24(23)25(21-14-6-2-7-15-21)22-16-8-3-9-17-22/h1-19H. The summed E-state index contributed by atoms with van der Waals surface area (Å²) in [6.07, 6.45) is 0. The van der Waals surface area contributed by atoms with Gasteiger partial charge in [-0.15, -0.1) is 0 Å². The third kappa shape index (κ3) is 3.40. The summed E-state index contributed by atoms with van der Waals surface area (Å²) in [5, 5.41) is 4.17. The molecule has 0 aliphatic heterocycles. The summed E-state index contributed by atoms with van der Waals surface area (Å²) < 4.78 is 0. The quantitative estimate of drug-likeness (QED) is 0.454. The molecule has 25 heavy (non-hydrogen) atoms. The Labute approximate surface area is 150 Å². The molecule has 0 aromatic heterocycles. The molecule has 0 fully saturated rings. The summed E-state index contributed by atoms with van der Waals surface area (Å²) in [5.74, 6) is 0. The Hall–Kier alpha value is -2.69. The van der Waals surface area contributed by atoms with Crippen molar-refractivity contribution in [1.29, 1.82) is 0 Å². The van der Waals surface area contributed by atoms with Crippen molar-refractivity contribution in [2.75, 3.05) is 0 Å². The fraction of sp³-hybridized carbons (Fsp3) is 0. The highest BCUT2D eigenvalue weighted by Crippen LogP contribution is 2.36. The van der Waals surface area contributed by atoms with E-state index in [0.717, 1.165) is 0 Å². The van der Waals surface area contributed by atoms with Crippen LogP contribution in [0.4, 0.5) is 0 Å². The van der Waals surface area contributed by atoms with Crippen molar-refractivity contribution < 1.29 is 0 Å². The zero-order valence-corrected chi connectivity index (χ0v) is 14.8. The van der Waals surface area contributed by atoms with Crippen molar-refractivity contribution in [3.63, 3.8) is 0 Å². The van der Waals surface area contributed by atoms with Gasteiger partial charge in [0.05, 0.1) is 0 Å². The van der Waals surface area contributed by atoms with Gasteiger partial charge in [-0.05, 0) is 35.0 Å². The molecule has 0 atom stereocenters. The number of hydrogen-bond acceptors (Lipinski definition) is 0. The Morgan fingerprint density at radius 1 is 0.400 bits per heavy atom. The first kappa shape index (κ1) is 15.8. The first-order valence-corrected chi connectivity index (χ1v) is 9.82. The minimum absolute atomic E-state index is 0.590. The van der Waals surface area contributed by atoms with Gasteiger partial charge in [-0.3, -0.25) is 0 Å². The molecule has 4 rings (SSSR count). The van der Waals surface area contributed by atoms with E-state index < -0.39 is 7.92 Å². The topological polar surface area (TPSA) is 0 Å². The lowest BCUT2D eigenvalue weighted by Crippen LogP contribution is -2.21. The van der Waals surface area contributed by atoms with Crippen molar-refractivity contribution in [1.82, 2.24) is 0 Å². The normalized spacial score (nSPS) is 10.8. The molecule has 0 saturated carbocycles. The van der Waals surface area contributed by atoms with E-state index in [2.05, 4.69) is 115 Å². The van der Waals surface area contributed by atoms with Crippen molar-refractivity contribution in [2.24, 2.45) is 0 Å². The van der Waals surface area contributed by atoms with Crippen LogP contribution >= 0.6 is 7.92 Å². The van der Waals surface area contributed by atoms with E-state index in [1.807, 2.05) is 0 Å². The fourth-order valence-corrected chi connectivity index (χ4v) is 5.59. The minimum atomic E-state index is -0.590. The highest BCUT2D eigenvalue weighted by Gasteiger charge is 2.19. The Balaban J connectivity index is 1.93. The molecule has 120 valence electrons. The lowest BCUT2D eigenvalue weighted by molar-refractivity contribution is 1.65. The molecule has 0 N–H and O–H groups in total. The van der Waals surface area contributed by atoms with E-state index >= 15 is 0 Å². The van der Waals surface area contributed by atoms with Crippen molar-refractivity contribution >= 4 is 23.8 Å². The number of rotatable bonds is 4. The number of benzene rings is 4. The predicted octanol–water partition coefficient (Wildman–Crippen LogP) is 5.11. The SMILES string of the molecule is c1ccc(-c2ccccc2P(c2ccccc2)c2ccccc2)cc1. The van der Waals surface area contributed by atoms with Crippen LogP contribution in [-0.4, -0.2) is 0 Å². The van der Waals surface area contributed by atoms with Gasteiger partial charge in [-0.2, -0.15) is 0 Å². The average molecular weight is 338 g/mol. The second kappa shape index (κ2) is 7.47. The summed E-state index contributed by atoms with van der Waals surface area (Å²) in [7, 11) is -0.590. The maximum Gasteiger partial charge on any atom is -0.00726 e. The third-order valence-electron chi connectivity index (χ3n) is 4.26. The van der Waals surface area contributed by atoms with Gasteiger partial charge in [0.15, 0.2) is 0 Å². The van der Waals surface area contributed by atoms with Gasteiger partial charge in [-0.1, -0.05) is 115 Å². The molecular weight excluding hydrogens is 319 g/mol. The maximum atomic E-state index is 2.29. The lowest BCUT2D eigenvalue weighted by atomic mass is 10.1. The summed E-state index contributed by atoms with van der Waals surface area (Å²) in [4.78, 5) is 0. The highest BCUT2D eigenvalue weighted by atomic mass is 31.1. The highest BCUT2D eigenvalue weighted by molar-refractivity contribution is 7.80. The smallest absolute Gasteiger partial charge is 0.00726 e. The predicted molar refractivity (Wildman–Crippen MR) is 111 cm³/mol. The van der Waals surface area contributed by atoms with Crippen molar-refractivity contribution in [3.8, 4) is 11.1 Å². The van der Waals surface area contributed by atoms with Crippen LogP contribution in [-0.2, 0) is 0 Å². The first-order valence-electron chi connectivity index (χ1n) is 8.48. The Kier molecular flexibility index (Phi) is 4.72. The monoisotopic (exact) mass is 338 g/mol. The molecule has 0 radical (unpaired) electrons. The van der Waals surface area contributed by atoms with Gasteiger partial charge < -0.3 is 0 Å². The van der Waals surface area contributed by atoms with Crippen LogP contribution in [0.5, 0.6) is 0 Å². The summed E-state index contributed by atoms with van der Waals surface area (Å²) in [6, 6.07) is 41.2. The molecule has 0 unspecified atom stereocenters. The van der Waals surface area contributed by atoms with E-state index in [1.54, 1.807) is 0 Å². The number of hydrogen-bond donors (Lipinski definition) is 0. The molecule has 0 bridgehead atoms. The third-order valence-corrected chi connectivity index (χ3v) is 6.76. The Morgan fingerprint density at radius 2 is 0.840 bits per heavy atom. The van der Waals surface area contributed by atoms with E-state index in [9.17, 15) is 0 Å². The van der Waals surface area contributed by atoms with Crippen molar-refractivity contribution in [3.05, 3.63) is 115 Å². The minimum Gasteiger partial charge on any atom is -0.0622 e. The van der Waals surface area contributed by atoms with Crippen LogP contribution in [0.25, 0.3) is 11.1 Å². The van der Waals surface area contributed by atoms with Gasteiger partial charge in [0.1, 0.15) is 0 Å². The second-order valence-corrected chi connectivity index (χ2v) is 8.08. The molecule has 0 amide bonds. The molecule has 4 aromatic rings. The molecule has 0 aliphatic carbocycles. The second-order valence-electron chi connectivity index (χ2n) is 5.89. The summed E-state index contributed by atoms with van der Waals surface area (Å²) in [5.41, 5.74) is 2.60. The summed E-state index contributed by atoms with van der Waals surface area (Å²) >= 11 is 0. The van der Waals surface area contributed by atoms with Gasteiger partial charge in [0.25, 0.3) is 0 Å². The average Bonchev–Trinajstić information content (AvgIpc) is 2.71. The molecule has 4 aromatic carbocycles. The van der Waals surface area contributed by atoms with Gasteiger partial charge >= 0.3 is 0 Å². The van der Waals surface area contributed by atoms with E-state index in [-0.39, 0.29) is 0 Å². The lowest BCUT2D eigenvalue weighted by Gasteiger charge is -2.22. The molecule has 0 nitrogen and oxygen atoms in total. The zero-order chi connectivity index (χ0) is 16.9. The molecule has 0 aliphatic rings. The van der Waals surface area contributed by atoms with Gasteiger partial charge in [0.2, 0.25) is 0 Å². The van der Waals surface area contributed by atoms with E-state index in [1.165, 1.54) is 27.0 Å². The summed E-state index contributed by atoms with van der Waals surface area (Å²) in [6.45, 7) is 0. The fourth-order valence-electron chi connectivity index (χ4n) is 3.11. The van der Waals surface area contributed by atoms with E-state index in [4.69, 9.17) is 0 Å². The van der Waals surface area contributed by atoms with Crippen LogP contribution in [0.3, 0.4) is 0 Å². The van der Waals surface area contributed by atoms with Crippen LogP contribution in [0, 0.1) is 0 Å². The van der Waals surface area contributed by atoms with Gasteiger partial charge in [-0.25, -0.2) is 0 Å². The van der Waals surface area contributed by atoms with Crippen LogP contribution in [0.15, 0.2) is 115 Å². The Bertz CT molecular complexity index is 892. The van der Waals surface area contributed by atoms with E-state index in [0.29, 0.717) is 0 Å². The van der Waals surface area contributed by atoms with Crippen LogP contribution in [0.2, 0.25) is 0 Å². The van der Waals surface area contributed by atoms with Gasteiger partial charge in [0, 0.05) is 0 Å². The molecule has 1 heteroatoms. The largest absolute Gasteiger partial charge is 0.0622 e. The van der Waals surface area contributed by atoms with Crippen LogP contribution < -0.4 is 15.9 Å². The zero-order valence-electron chi connectivity index (χ0n) is 13.9. The first-order chi connectivity index (χ1) is 12.4. The Morgan fingerprint density at radius 3 is 1.40 bits per heavy atom. The molecule has 0 saturated heterocycles. The van der Waals surface area contributed by atoms with Crippen molar-refractivity contribution in [2.45, 2.75) is 0 Å². The molecule has 0 heterocycles. The maximum absolute atomic E-state index is 2.29. The molecular formula is C24H19P. The molecule has 0 spiro atoms.